The van der Waals surface area contributed by atoms with Gasteiger partial charge in [0.15, 0.2) is 5.60 Å². The summed E-state index contributed by atoms with van der Waals surface area (Å²) in [5.41, 5.74) is 1.83. The molecule has 0 unspecified atom stereocenters. The Kier molecular flexibility index (Phi) is 13.0. The summed E-state index contributed by atoms with van der Waals surface area (Å²) in [4.78, 5) is 48.3. The van der Waals surface area contributed by atoms with Crippen LogP contribution in [0.1, 0.15) is 12.8 Å². The molecule has 0 saturated carbocycles. The quantitative estimate of drug-likeness (QED) is 0.262. The van der Waals surface area contributed by atoms with Crippen molar-refractivity contribution in [2.24, 2.45) is 5.73 Å². The molecule has 128 valence electrons. The Balaban J connectivity index is -0.000000330. The number of aliphatic carboxylic acids is 4. The summed E-state index contributed by atoms with van der Waals surface area (Å²) in [6.07, 6.45) is -4.12. The van der Waals surface area contributed by atoms with E-state index >= 15 is 0 Å². The van der Waals surface area contributed by atoms with Crippen LogP contribution < -0.4 is 5.73 Å². The van der Waals surface area contributed by atoms with E-state index < -0.39 is 48.5 Å². The van der Waals surface area contributed by atoms with Crippen LogP contribution in [0.4, 0.5) is 4.79 Å². The van der Waals surface area contributed by atoms with Gasteiger partial charge in [-0.15, -0.1) is 0 Å². The molecule has 0 heterocycles. The van der Waals surface area contributed by atoms with Crippen LogP contribution in [0.2, 0.25) is 0 Å². The van der Waals surface area contributed by atoms with Gasteiger partial charge in [0.2, 0.25) is 0 Å². The first-order valence-corrected chi connectivity index (χ1v) is 5.01. The zero-order valence-corrected chi connectivity index (χ0v) is 10.9. The van der Waals surface area contributed by atoms with E-state index in [0.29, 0.717) is 0 Å². The Labute approximate surface area is 121 Å². The topological polar surface area (TPSA) is 253 Å². The predicted molar refractivity (Wildman–Crippen MR) is 64.4 cm³/mol. The van der Waals surface area contributed by atoms with E-state index in [4.69, 9.17) is 40.5 Å². The van der Waals surface area contributed by atoms with E-state index in [2.05, 4.69) is 5.73 Å². The van der Waals surface area contributed by atoms with Gasteiger partial charge >= 0.3 is 30.0 Å². The van der Waals surface area contributed by atoms with Crippen LogP contribution in [0, 0.1) is 0 Å². The van der Waals surface area contributed by atoms with E-state index in [1.54, 1.807) is 0 Å². The molecule has 0 amide bonds. The van der Waals surface area contributed by atoms with Gasteiger partial charge in [0.05, 0.1) is 19.4 Å². The number of hydrogen-bond donors (Lipinski definition) is 8. The molecule has 22 heavy (non-hydrogen) atoms. The van der Waals surface area contributed by atoms with E-state index in [0.717, 1.165) is 0 Å². The molecule has 0 aliphatic carbocycles. The first-order chi connectivity index (χ1) is 9.78. The smallest absolute Gasteiger partial charge is 0.481 e. The van der Waals surface area contributed by atoms with Crippen LogP contribution in [0.25, 0.3) is 0 Å². The highest BCUT2D eigenvalue weighted by Crippen LogP contribution is 2.15. The summed E-state index contributed by atoms with van der Waals surface area (Å²) < 4.78 is 0. The maximum atomic E-state index is 10.3. The molecule has 0 bridgehead atoms. The predicted octanol–water partition coefficient (Wildman–Crippen LogP) is -2.00. The molecule has 0 aromatic heterocycles. The lowest BCUT2D eigenvalue weighted by Crippen LogP contribution is -2.42. The van der Waals surface area contributed by atoms with Gasteiger partial charge in [0.25, 0.3) is 0 Å². The number of nitrogens with two attached hydrogens (primary N) is 1. The third-order valence-corrected chi connectivity index (χ3v) is 1.46. The molecule has 0 aromatic rings. The molecule has 0 aliphatic heterocycles. The highest BCUT2D eigenvalue weighted by atomic mass is 16.6. The van der Waals surface area contributed by atoms with Crippen LogP contribution in [0.15, 0.2) is 0 Å². The SMILES string of the molecule is NCC(=O)O.O=C(O)CC(O)(CC(=O)O)C(=O)O.O=C(O)O. The van der Waals surface area contributed by atoms with Gasteiger partial charge in [-0.05, 0) is 0 Å². The van der Waals surface area contributed by atoms with Crippen LogP contribution >= 0.6 is 0 Å². The van der Waals surface area contributed by atoms with Crippen LogP contribution in [0.3, 0.4) is 0 Å². The maximum absolute atomic E-state index is 10.3. The Bertz CT molecular complexity index is 397. The van der Waals surface area contributed by atoms with Gasteiger partial charge < -0.3 is 41.5 Å². The van der Waals surface area contributed by atoms with Crippen molar-refractivity contribution >= 4 is 30.0 Å². The summed E-state index contributed by atoms with van der Waals surface area (Å²) >= 11 is 0. The molecule has 9 N–H and O–H groups in total. The molecule has 0 atom stereocenters. The fourth-order valence-electron chi connectivity index (χ4n) is 0.714. The van der Waals surface area contributed by atoms with Gasteiger partial charge in [0, 0.05) is 0 Å². The van der Waals surface area contributed by atoms with Gasteiger partial charge in [-0.1, -0.05) is 0 Å². The second-order valence-corrected chi connectivity index (χ2v) is 3.36. The number of rotatable bonds is 6. The van der Waals surface area contributed by atoms with Crippen molar-refractivity contribution in [3.63, 3.8) is 0 Å². The molecule has 0 rings (SSSR count). The average Bonchev–Trinajstić information content (AvgIpc) is 2.26. The molecule has 13 nitrogen and oxygen atoms in total. The molecule has 13 heteroatoms. The van der Waals surface area contributed by atoms with Gasteiger partial charge in [0.1, 0.15) is 0 Å². The van der Waals surface area contributed by atoms with Crippen molar-refractivity contribution in [1.82, 2.24) is 0 Å². The second-order valence-electron chi connectivity index (χ2n) is 3.36. The van der Waals surface area contributed by atoms with Crippen molar-refractivity contribution in [1.29, 1.82) is 0 Å². The highest BCUT2D eigenvalue weighted by Gasteiger charge is 2.40. The fourth-order valence-corrected chi connectivity index (χ4v) is 0.714. The molecular formula is C9H15NO12. The lowest BCUT2D eigenvalue weighted by atomic mass is 9.96. The number of aliphatic hydroxyl groups is 1. The fraction of sp³-hybridized carbons (Fsp3) is 0.444. The zero-order chi connectivity index (χ0) is 18.5. The Morgan fingerprint density at radius 2 is 0.955 bits per heavy atom. The molecule has 0 saturated heterocycles. The molecule has 0 aromatic carbocycles. The number of carbonyl (C=O) groups is 5. The normalized spacial score (nSPS) is 9.18. The maximum Gasteiger partial charge on any atom is 0.503 e. The molecule has 0 radical (unpaired) electrons. The summed E-state index contributed by atoms with van der Waals surface area (Å²) in [7, 11) is 0. The number of carboxylic acid groups (broad SMARTS) is 6. The molecule has 0 fully saturated rings. The van der Waals surface area contributed by atoms with Crippen LogP contribution in [-0.4, -0.2) is 77.9 Å². The zero-order valence-electron chi connectivity index (χ0n) is 10.9. The molecule has 0 aliphatic rings. The van der Waals surface area contributed by atoms with E-state index in [9.17, 15) is 19.2 Å². The lowest BCUT2D eigenvalue weighted by Gasteiger charge is -2.18. The van der Waals surface area contributed by atoms with Crippen molar-refractivity contribution in [2.75, 3.05) is 6.54 Å². The first-order valence-electron chi connectivity index (χ1n) is 5.01. The Morgan fingerprint density at radius 1 is 0.727 bits per heavy atom. The largest absolute Gasteiger partial charge is 0.503 e. The molecule has 0 spiro atoms. The summed E-state index contributed by atoms with van der Waals surface area (Å²) in [5, 5.41) is 55.4. The summed E-state index contributed by atoms with van der Waals surface area (Å²) in [5.74, 6) is -5.99. The van der Waals surface area contributed by atoms with Crippen molar-refractivity contribution in [3.05, 3.63) is 0 Å². The summed E-state index contributed by atoms with van der Waals surface area (Å²) in [6.45, 7) is -0.278. The minimum atomic E-state index is -2.74. The second kappa shape index (κ2) is 11.9. The highest BCUT2D eigenvalue weighted by molar-refractivity contribution is 5.88. The minimum absolute atomic E-state index is 0.278. The summed E-state index contributed by atoms with van der Waals surface area (Å²) in [6, 6.07) is 0. The van der Waals surface area contributed by atoms with Gasteiger partial charge in [-0.3, -0.25) is 14.4 Å². The third-order valence-electron chi connectivity index (χ3n) is 1.46. The van der Waals surface area contributed by atoms with Gasteiger partial charge in [-0.2, -0.15) is 0 Å². The van der Waals surface area contributed by atoms with Crippen molar-refractivity contribution in [3.8, 4) is 0 Å². The van der Waals surface area contributed by atoms with Crippen LogP contribution in [0.5, 0.6) is 0 Å². The standard InChI is InChI=1S/C6H8O7.C2H5NO2.CH2O3/c7-3(8)1-6(13,5(11)12)2-4(9)10;3-1-2(4)5;2-1(3)4/h13H,1-2H2,(H,7,8)(H,9,10)(H,11,12);1,3H2,(H,4,5);(H2,2,3,4). The average molecular weight is 329 g/mol. The van der Waals surface area contributed by atoms with E-state index in [1.165, 1.54) is 0 Å². The number of hydrogen-bond acceptors (Lipinski definition) is 7. The number of carboxylic acids is 4. The minimum Gasteiger partial charge on any atom is -0.481 e. The third kappa shape index (κ3) is 19.4. The first kappa shape index (κ1) is 24.1. The van der Waals surface area contributed by atoms with Crippen LogP contribution in [-0.2, 0) is 19.2 Å². The van der Waals surface area contributed by atoms with E-state index in [1.807, 2.05) is 0 Å². The Hall–Kier alpha value is -2.93. The Morgan fingerprint density at radius 3 is 1.05 bits per heavy atom. The lowest BCUT2D eigenvalue weighted by molar-refractivity contribution is -0.170. The molecular weight excluding hydrogens is 314 g/mol. The van der Waals surface area contributed by atoms with Crippen molar-refractivity contribution < 1.29 is 59.7 Å². The van der Waals surface area contributed by atoms with Crippen molar-refractivity contribution in [2.45, 2.75) is 18.4 Å². The van der Waals surface area contributed by atoms with Gasteiger partial charge in [-0.25, -0.2) is 9.59 Å². The monoisotopic (exact) mass is 329 g/mol. The van der Waals surface area contributed by atoms with E-state index in [-0.39, 0.29) is 6.54 Å².